The number of hydroxylamine groups is 1. The van der Waals surface area contributed by atoms with Crippen molar-refractivity contribution >= 4 is 11.8 Å². The molecule has 0 aliphatic carbocycles. The number of rotatable bonds is 5. The Labute approximate surface area is 156 Å². The van der Waals surface area contributed by atoms with Crippen molar-refractivity contribution in [2.75, 3.05) is 0 Å². The normalized spacial score (nSPS) is 18.8. The zero-order chi connectivity index (χ0) is 20.4. The molecule has 2 aromatic rings. The van der Waals surface area contributed by atoms with E-state index in [-0.39, 0.29) is 11.4 Å². The van der Waals surface area contributed by atoms with Crippen molar-refractivity contribution in [3.8, 4) is 5.75 Å². The molecular formula is C17H13F3N4O4. The van der Waals surface area contributed by atoms with Crippen LogP contribution in [0, 0.1) is 0 Å². The lowest BCUT2D eigenvalue weighted by atomic mass is 9.91. The Morgan fingerprint density at radius 1 is 1.21 bits per heavy atom. The Morgan fingerprint density at radius 2 is 1.93 bits per heavy atom. The molecule has 1 atom stereocenters. The minimum atomic E-state index is -4.83. The van der Waals surface area contributed by atoms with Crippen molar-refractivity contribution in [1.29, 1.82) is 0 Å². The highest BCUT2D eigenvalue weighted by Gasteiger charge is 2.43. The topological polar surface area (TPSA) is 116 Å². The van der Waals surface area contributed by atoms with Crippen molar-refractivity contribution in [2.24, 2.45) is 5.73 Å². The monoisotopic (exact) mass is 394 g/mol. The van der Waals surface area contributed by atoms with Crippen LogP contribution in [0.5, 0.6) is 5.75 Å². The highest BCUT2D eigenvalue weighted by molar-refractivity contribution is 5.95. The number of amides is 2. The van der Waals surface area contributed by atoms with Gasteiger partial charge in [0.05, 0.1) is 0 Å². The summed E-state index contributed by atoms with van der Waals surface area (Å²) in [5.41, 5.74) is 6.81. The molecule has 1 unspecified atom stereocenters. The van der Waals surface area contributed by atoms with E-state index < -0.39 is 29.5 Å². The molecule has 146 valence electrons. The van der Waals surface area contributed by atoms with Crippen LogP contribution in [0.2, 0.25) is 0 Å². The van der Waals surface area contributed by atoms with Gasteiger partial charge in [0.1, 0.15) is 5.75 Å². The van der Waals surface area contributed by atoms with Crippen LogP contribution < -0.4 is 21.3 Å². The van der Waals surface area contributed by atoms with E-state index in [0.29, 0.717) is 5.56 Å². The van der Waals surface area contributed by atoms with Crippen LogP contribution in [0.3, 0.4) is 0 Å². The smallest absolute Gasteiger partial charge is 0.406 e. The van der Waals surface area contributed by atoms with Crippen LogP contribution in [0.25, 0.3) is 0 Å². The second kappa shape index (κ2) is 7.19. The molecule has 1 aliphatic heterocycles. The van der Waals surface area contributed by atoms with Crippen molar-refractivity contribution in [2.45, 2.75) is 11.9 Å². The van der Waals surface area contributed by atoms with Crippen LogP contribution in [0.1, 0.15) is 15.9 Å². The summed E-state index contributed by atoms with van der Waals surface area (Å²) in [6.07, 6.45) is -0.651. The summed E-state index contributed by atoms with van der Waals surface area (Å²) in [4.78, 5) is 33.3. The number of benzene rings is 1. The fraction of sp³-hybridized carbons (Fsp3) is 0.118. The quantitative estimate of drug-likeness (QED) is 0.707. The van der Waals surface area contributed by atoms with Gasteiger partial charge in [-0.05, 0) is 30.3 Å². The second-order valence-electron chi connectivity index (χ2n) is 5.65. The van der Waals surface area contributed by atoms with Gasteiger partial charge in [0.2, 0.25) is 11.8 Å². The van der Waals surface area contributed by atoms with Gasteiger partial charge in [-0.1, -0.05) is 6.07 Å². The van der Waals surface area contributed by atoms with Gasteiger partial charge in [0, 0.05) is 29.6 Å². The molecule has 0 fully saturated rings. The number of nitrogens with zero attached hydrogens (tertiary/aromatic N) is 1. The van der Waals surface area contributed by atoms with Crippen LogP contribution in [-0.4, -0.2) is 23.2 Å². The molecule has 0 bridgehead atoms. The number of hydrogen-bond acceptors (Lipinski definition) is 6. The molecule has 2 amide bonds. The molecule has 0 saturated heterocycles. The lowest BCUT2D eigenvalue weighted by Crippen LogP contribution is -2.48. The number of nitrogens with one attached hydrogen (secondary N) is 2. The SMILES string of the molecule is NC(=O)C1(c2cccnc2)C=C(NC(=O)c2ccc(OC(F)(F)F)cc2)ON1. The van der Waals surface area contributed by atoms with Gasteiger partial charge in [-0.2, -0.15) is 0 Å². The minimum Gasteiger partial charge on any atom is -0.406 e. The van der Waals surface area contributed by atoms with E-state index in [1.165, 1.54) is 18.5 Å². The fourth-order valence-electron chi connectivity index (χ4n) is 2.45. The average Bonchev–Trinajstić information content (AvgIpc) is 3.07. The third-order valence-corrected chi connectivity index (χ3v) is 3.76. The summed E-state index contributed by atoms with van der Waals surface area (Å²) in [6.45, 7) is 0. The first-order valence-corrected chi connectivity index (χ1v) is 7.74. The molecule has 8 nitrogen and oxygen atoms in total. The maximum atomic E-state index is 12.3. The van der Waals surface area contributed by atoms with Gasteiger partial charge >= 0.3 is 6.36 Å². The zero-order valence-electron chi connectivity index (χ0n) is 14.0. The summed E-state index contributed by atoms with van der Waals surface area (Å²) in [7, 11) is 0. The van der Waals surface area contributed by atoms with E-state index >= 15 is 0 Å². The number of pyridine rings is 1. The average molecular weight is 394 g/mol. The van der Waals surface area contributed by atoms with Crippen molar-refractivity contribution in [3.05, 3.63) is 71.9 Å². The zero-order valence-corrected chi connectivity index (χ0v) is 14.0. The van der Waals surface area contributed by atoms with E-state index in [2.05, 4.69) is 20.5 Å². The van der Waals surface area contributed by atoms with Gasteiger partial charge in [-0.25, -0.2) is 0 Å². The molecular weight excluding hydrogens is 381 g/mol. The van der Waals surface area contributed by atoms with Crippen LogP contribution in [0.15, 0.2) is 60.8 Å². The lowest BCUT2D eigenvalue weighted by molar-refractivity contribution is -0.274. The Balaban J connectivity index is 1.76. The Morgan fingerprint density at radius 3 is 2.50 bits per heavy atom. The molecule has 0 radical (unpaired) electrons. The highest BCUT2D eigenvalue weighted by atomic mass is 19.4. The molecule has 0 spiro atoms. The number of halogens is 3. The Kier molecular flexibility index (Phi) is 4.92. The molecule has 28 heavy (non-hydrogen) atoms. The molecule has 4 N–H and O–H groups in total. The predicted octanol–water partition coefficient (Wildman–Crippen LogP) is 1.47. The van der Waals surface area contributed by atoms with Crippen LogP contribution in [0.4, 0.5) is 13.2 Å². The van der Waals surface area contributed by atoms with E-state index in [1.54, 1.807) is 12.1 Å². The predicted molar refractivity (Wildman–Crippen MR) is 88.0 cm³/mol. The lowest BCUT2D eigenvalue weighted by Gasteiger charge is -2.21. The largest absolute Gasteiger partial charge is 0.573 e. The Bertz CT molecular complexity index is 916. The molecule has 1 aromatic carbocycles. The van der Waals surface area contributed by atoms with E-state index in [1.807, 2.05) is 0 Å². The van der Waals surface area contributed by atoms with E-state index in [9.17, 15) is 22.8 Å². The number of carbonyl (C=O) groups excluding carboxylic acids is 2. The number of aromatic nitrogens is 1. The van der Waals surface area contributed by atoms with E-state index in [4.69, 9.17) is 10.6 Å². The van der Waals surface area contributed by atoms with Crippen molar-refractivity contribution in [3.63, 3.8) is 0 Å². The summed E-state index contributed by atoms with van der Waals surface area (Å²) < 4.78 is 40.3. The molecule has 1 aliphatic rings. The fourth-order valence-corrected chi connectivity index (χ4v) is 2.45. The number of nitrogens with two attached hydrogens (primary N) is 1. The minimum absolute atomic E-state index is 0.0389. The second-order valence-corrected chi connectivity index (χ2v) is 5.65. The van der Waals surface area contributed by atoms with Gasteiger partial charge in [0.25, 0.3) is 5.91 Å². The highest BCUT2D eigenvalue weighted by Crippen LogP contribution is 2.28. The van der Waals surface area contributed by atoms with Gasteiger partial charge in [-0.15, -0.1) is 18.7 Å². The number of hydrogen-bond donors (Lipinski definition) is 3. The van der Waals surface area contributed by atoms with Crippen molar-refractivity contribution < 1.29 is 32.3 Å². The summed E-state index contributed by atoms with van der Waals surface area (Å²) in [5.74, 6) is -2.05. The molecule has 11 heteroatoms. The first kappa shape index (κ1) is 19.2. The van der Waals surface area contributed by atoms with Gasteiger partial charge < -0.3 is 15.3 Å². The first-order valence-electron chi connectivity index (χ1n) is 7.74. The maximum absolute atomic E-state index is 12.3. The summed E-state index contributed by atoms with van der Waals surface area (Å²) >= 11 is 0. The number of carbonyl (C=O) groups is 2. The summed E-state index contributed by atoms with van der Waals surface area (Å²) in [6, 6.07) is 7.46. The number of alkyl halides is 3. The first-order chi connectivity index (χ1) is 13.2. The summed E-state index contributed by atoms with van der Waals surface area (Å²) in [5, 5.41) is 2.39. The number of ether oxygens (including phenoxy) is 1. The third-order valence-electron chi connectivity index (χ3n) is 3.76. The van der Waals surface area contributed by atoms with Crippen molar-refractivity contribution in [1.82, 2.24) is 15.8 Å². The molecule has 2 heterocycles. The van der Waals surface area contributed by atoms with E-state index in [0.717, 1.165) is 24.3 Å². The Hall–Kier alpha value is -3.60. The standard InChI is InChI=1S/C17H13F3N4O4/c18-17(19,20)27-12-5-3-10(4-6-12)14(25)23-13-8-16(15(21)26,24-28-13)11-2-1-7-22-9-11/h1-9,24H,(H2,21,26)(H,23,25). The molecule has 3 rings (SSSR count). The third kappa shape index (κ3) is 4.04. The maximum Gasteiger partial charge on any atom is 0.573 e. The van der Waals surface area contributed by atoms with Crippen LogP contribution >= 0.6 is 0 Å². The number of primary amides is 1. The molecule has 1 aromatic heterocycles. The van der Waals surface area contributed by atoms with Crippen LogP contribution in [-0.2, 0) is 15.2 Å². The van der Waals surface area contributed by atoms with Gasteiger partial charge in [-0.3, -0.25) is 19.9 Å². The van der Waals surface area contributed by atoms with Gasteiger partial charge in [0.15, 0.2) is 5.54 Å². The molecule has 0 saturated carbocycles.